The molecule has 0 aliphatic carbocycles. The van der Waals surface area contributed by atoms with E-state index in [4.69, 9.17) is 0 Å². The van der Waals surface area contributed by atoms with Crippen molar-refractivity contribution in [2.24, 2.45) is 5.92 Å². The van der Waals surface area contributed by atoms with Gasteiger partial charge < -0.3 is 10.2 Å². The highest BCUT2D eigenvalue weighted by Crippen LogP contribution is 2.32. The van der Waals surface area contributed by atoms with Gasteiger partial charge in [0.25, 0.3) is 0 Å². The summed E-state index contributed by atoms with van der Waals surface area (Å²) in [4.78, 5) is 5.53. The van der Waals surface area contributed by atoms with E-state index in [2.05, 4.69) is 29.0 Å². The first kappa shape index (κ1) is 11.9. The average molecular weight is 237 g/mol. The Morgan fingerprint density at radius 3 is 2.53 bits per heavy atom. The summed E-state index contributed by atoms with van der Waals surface area (Å²) in [5, 5.41) is 3.64. The normalized spacial score (nSPS) is 47.3. The van der Waals surface area contributed by atoms with Crippen LogP contribution in [0.1, 0.15) is 33.1 Å². The molecule has 4 aliphatic rings. The molecule has 3 heteroatoms. The van der Waals surface area contributed by atoms with E-state index in [1.54, 1.807) is 0 Å². The molecule has 4 rings (SSSR count). The predicted octanol–water partition coefficient (Wildman–Crippen LogP) is 1.15. The maximum Gasteiger partial charge on any atom is 0.0256 e. The molecule has 0 spiro atoms. The van der Waals surface area contributed by atoms with Gasteiger partial charge in [-0.25, -0.2) is 0 Å². The van der Waals surface area contributed by atoms with E-state index in [9.17, 15) is 0 Å². The average Bonchev–Trinajstić information content (AvgIpc) is 2.40. The molecule has 2 bridgehead atoms. The van der Waals surface area contributed by atoms with Crippen molar-refractivity contribution in [3.63, 3.8) is 0 Å². The van der Waals surface area contributed by atoms with Crippen molar-refractivity contribution in [2.45, 2.75) is 51.2 Å². The number of piperidine rings is 3. The zero-order valence-corrected chi connectivity index (χ0v) is 11.4. The molecule has 4 saturated heterocycles. The van der Waals surface area contributed by atoms with Crippen LogP contribution in [-0.2, 0) is 0 Å². The molecule has 0 aromatic heterocycles. The number of nitrogens with one attached hydrogen (secondary N) is 1. The number of rotatable bonds is 2. The topological polar surface area (TPSA) is 18.5 Å². The SMILES string of the molecule is CCC1CNC(C)CN1C1CN2CCC1CC2. The molecule has 98 valence electrons. The highest BCUT2D eigenvalue weighted by atomic mass is 15.3. The Bertz CT molecular complexity index is 260. The van der Waals surface area contributed by atoms with E-state index >= 15 is 0 Å². The molecule has 1 N–H and O–H groups in total. The van der Waals surface area contributed by atoms with Crippen molar-refractivity contribution in [1.82, 2.24) is 15.1 Å². The molecule has 3 nitrogen and oxygen atoms in total. The van der Waals surface area contributed by atoms with Gasteiger partial charge >= 0.3 is 0 Å². The fourth-order valence-corrected chi connectivity index (χ4v) is 4.08. The van der Waals surface area contributed by atoms with Gasteiger partial charge in [-0.1, -0.05) is 6.92 Å². The molecule has 0 saturated carbocycles. The predicted molar refractivity (Wildman–Crippen MR) is 71.2 cm³/mol. The monoisotopic (exact) mass is 237 g/mol. The second-order valence-electron chi connectivity index (χ2n) is 6.27. The summed E-state index contributed by atoms with van der Waals surface area (Å²) in [6.45, 7) is 11.2. The standard InChI is InChI=1S/C14H27N3/c1-3-13-8-15-11(2)9-17(13)14-10-16-6-4-12(14)5-7-16/h11-15H,3-10H2,1-2H3. The molecule has 4 aliphatic heterocycles. The number of nitrogens with zero attached hydrogens (tertiary/aromatic N) is 2. The van der Waals surface area contributed by atoms with Crippen LogP contribution in [0, 0.1) is 5.92 Å². The summed E-state index contributed by atoms with van der Waals surface area (Å²) in [5.41, 5.74) is 0. The van der Waals surface area contributed by atoms with Crippen LogP contribution in [0.15, 0.2) is 0 Å². The third-order valence-corrected chi connectivity index (χ3v) is 5.17. The van der Waals surface area contributed by atoms with Crippen LogP contribution in [0.25, 0.3) is 0 Å². The zero-order chi connectivity index (χ0) is 11.8. The summed E-state index contributed by atoms with van der Waals surface area (Å²) >= 11 is 0. The molecule has 0 aromatic rings. The van der Waals surface area contributed by atoms with Crippen LogP contribution in [0.2, 0.25) is 0 Å². The van der Waals surface area contributed by atoms with E-state index in [0.29, 0.717) is 6.04 Å². The van der Waals surface area contributed by atoms with Crippen LogP contribution in [0.4, 0.5) is 0 Å². The number of fused-ring (bicyclic) bond motifs is 3. The summed E-state index contributed by atoms with van der Waals surface area (Å²) < 4.78 is 0. The molecule has 4 heterocycles. The quantitative estimate of drug-likeness (QED) is 0.777. The Hall–Kier alpha value is -0.120. The van der Waals surface area contributed by atoms with E-state index < -0.39 is 0 Å². The highest BCUT2D eigenvalue weighted by molar-refractivity contribution is 4.97. The molecular weight excluding hydrogens is 210 g/mol. The molecule has 4 fully saturated rings. The number of piperazine rings is 1. The minimum absolute atomic E-state index is 0.674. The largest absolute Gasteiger partial charge is 0.311 e. The van der Waals surface area contributed by atoms with Gasteiger partial charge in [-0.3, -0.25) is 4.90 Å². The Balaban J connectivity index is 1.72. The lowest BCUT2D eigenvalue weighted by Gasteiger charge is -2.53. The molecule has 3 unspecified atom stereocenters. The zero-order valence-electron chi connectivity index (χ0n) is 11.4. The fraction of sp³-hybridized carbons (Fsp3) is 1.00. The number of hydrogen-bond donors (Lipinski definition) is 1. The molecule has 3 atom stereocenters. The Kier molecular flexibility index (Phi) is 3.42. The number of hydrogen-bond acceptors (Lipinski definition) is 3. The van der Waals surface area contributed by atoms with E-state index in [1.165, 1.54) is 52.0 Å². The van der Waals surface area contributed by atoms with Crippen molar-refractivity contribution in [2.75, 3.05) is 32.7 Å². The van der Waals surface area contributed by atoms with Crippen molar-refractivity contribution in [3.8, 4) is 0 Å². The van der Waals surface area contributed by atoms with Crippen molar-refractivity contribution >= 4 is 0 Å². The van der Waals surface area contributed by atoms with Gasteiger partial charge in [0.05, 0.1) is 0 Å². The van der Waals surface area contributed by atoms with Gasteiger partial charge in [-0.05, 0) is 45.2 Å². The van der Waals surface area contributed by atoms with Crippen LogP contribution in [0.5, 0.6) is 0 Å². The van der Waals surface area contributed by atoms with Crippen LogP contribution in [-0.4, -0.2) is 60.6 Å². The summed E-state index contributed by atoms with van der Waals surface area (Å²) in [7, 11) is 0. The molecule has 17 heavy (non-hydrogen) atoms. The van der Waals surface area contributed by atoms with E-state index in [1.807, 2.05) is 0 Å². The maximum absolute atomic E-state index is 3.64. The molecule has 0 amide bonds. The first-order valence-electron chi connectivity index (χ1n) is 7.49. The van der Waals surface area contributed by atoms with E-state index in [-0.39, 0.29) is 0 Å². The summed E-state index contributed by atoms with van der Waals surface area (Å²) in [5.74, 6) is 0.986. The molecular formula is C14H27N3. The Morgan fingerprint density at radius 2 is 1.94 bits per heavy atom. The second kappa shape index (κ2) is 4.87. The van der Waals surface area contributed by atoms with Crippen molar-refractivity contribution < 1.29 is 0 Å². The van der Waals surface area contributed by atoms with Crippen molar-refractivity contribution in [3.05, 3.63) is 0 Å². The fourth-order valence-electron chi connectivity index (χ4n) is 4.08. The Labute approximate surface area is 106 Å². The smallest absolute Gasteiger partial charge is 0.0256 e. The summed E-state index contributed by atoms with van der Waals surface area (Å²) in [6, 6.07) is 2.30. The highest BCUT2D eigenvalue weighted by Gasteiger charge is 2.40. The first-order chi connectivity index (χ1) is 8.28. The first-order valence-corrected chi connectivity index (χ1v) is 7.49. The molecule has 0 aromatic carbocycles. The van der Waals surface area contributed by atoms with Gasteiger partial charge in [0, 0.05) is 37.8 Å². The van der Waals surface area contributed by atoms with Crippen LogP contribution < -0.4 is 5.32 Å². The second-order valence-corrected chi connectivity index (χ2v) is 6.27. The maximum atomic E-state index is 3.64. The lowest BCUT2D eigenvalue weighted by atomic mass is 9.82. The van der Waals surface area contributed by atoms with Crippen LogP contribution >= 0.6 is 0 Å². The van der Waals surface area contributed by atoms with Gasteiger partial charge in [0.15, 0.2) is 0 Å². The lowest BCUT2D eigenvalue weighted by molar-refractivity contribution is -0.0296. The third-order valence-electron chi connectivity index (χ3n) is 5.17. The van der Waals surface area contributed by atoms with Gasteiger partial charge in [-0.15, -0.1) is 0 Å². The van der Waals surface area contributed by atoms with Gasteiger partial charge in [-0.2, -0.15) is 0 Å². The van der Waals surface area contributed by atoms with Gasteiger partial charge in [0.1, 0.15) is 0 Å². The van der Waals surface area contributed by atoms with Crippen LogP contribution in [0.3, 0.4) is 0 Å². The van der Waals surface area contributed by atoms with Crippen molar-refractivity contribution in [1.29, 1.82) is 0 Å². The minimum Gasteiger partial charge on any atom is -0.311 e. The Morgan fingerprint density at radius 1 is 1.18 bits per heavy atom. The van der Waals surface area contributed by atoms with Gasteiger partial charge in [0.2, 0.25) is 0 Å². The summed E-state index contributed by atoms with van der Waals surface area (Å²) in [6.07, 6.45) is 4.18. The molecule has 0 radical (unpaired) electrons. The minimum atomic E-state index is 0.674. The van der Waals surface area contributed by atoms with E-state index in [0.717, 1.165) is 18.0 Å². The lowest BCUT2D eigenvalue weighted by Crippen LogP contribution is -2.65. The third kappa shape index (κ3) is 2.25.